The summed E-state index contributed by atoms with van der Waals surface area (Å²) in [6, 6.07) is 6.52. The van der Waals surface area contributed by atoms with Crippen LogP contribution in [-0.4, -0.2) is 31.3 Å². The first-order valence-corrected chi connectivity index (χ1v) is 7.32. The molecule has 2 rings (SSSR count). The van der Waals surface area contributed by atoms with Crippen LogP contribution in [0.25, 0.3) is 0 Å². The molecule has 1 amide bonds. The number of nitrogens with one attached hydrogen (secondary N) is 1. The van der Waals surface area contributed by atoms with E-state index in [2.05, 4.69) is 37.4 Å². The fraction of sp³-hybridized carbons (Fsp3) is 0.500. The van der Waals surface area contributed by atoms with Crippen LogP contribution >= 0.6 is 11.8 Å². The average molecular weight is 264 g/mol. The maximum atomic E-state index is 12.4. The van der Waals surface area contributed by atoms with Gasteiger partial charge in [0.15, 0.2) is 0 Å². The number of rotatable bonds is 3. The van der Waals surface area contributed by atoms with Crippen molar-refractivity contribution in [1.82, 2.24) is 5.32 Å². The zero-order valence-corrected chi connectivity index (χ0v) is 12.0. The topological polar surface area (TPSA) is 32.3 Å². The van der Waals surface area contributed by atoms with Crippen LogP contribution in [0.15, 0.2) is 23.1 Å². The van der Waals surface area contributed by atoms with Crippen LogP contribution in [0.3, 0.4) is 0 Å². The summed E-state index contributed by atoms with van der Waals surface area (Å²) < 4.78 is 0. The van der Waals surface area contributed by atoms with E-state index in [1.54, 1.807) is 0 Å². The minimum Gasteiger partial charge on any atom is -0.319 e. The molecule has 1 heterocycles. The molecule has 1 aliphatic rings. The molecule has 1 aromatic rings. The molecule has 1 N–H and O–H groups in total. The molecular formula is C14H20N2OS. The summed E-state index contributed by atoms with van der Waals surface area (Å²) in [5, 5.41) is 3.04. The zero-order valence-electron chi connectivity index (χ0n) is 11.2. The van der Waals surface area contributed by atoms with Crippen molar-refractivity contribution in [2.75, 3.05) is 24.2 Å². The number of nitrogens with zero attached hydrogens (tertiary/aromatic N) is 1. The molecule has 98 valence electrons. The van der Waals surface area contributed by atoms with Gasteiger partial charge in [-0.25, -0.2) is 0 Å². The molecule has 18 heavy (non-hydrogen) atoms. The highest BCUT2D eigenvalue weighted by molar-refractivity contribution is 7.99. The molecule has 0 saturated carbocycles. The second-order valence-corrected chi connectivity index (χ2v) is 5.76. The van der Waals surface area contributed by atoms with Gasteiger partial charge in [0.2, 0.25) is 5.91 Å². The Bertz CT molecular complexity index is 447. The Kier molecular flexibility index (Phi) is 4.30. The van der Waals surface area contributed by atoms with Crippen LogP contribution in [0, 0.1) is 6.92 Å². The number of para-hydroxylation sites is 1. The van der Waals surface area contributed by atoms with E-state index in [4.69, 9.17) is 0 Å². The van der Waals surface area contributed by atoms with E-state index in [1.165, 1.54) is 10.5 Å². The van der Waals surface area contributed by atoms with E-state index in [0.29, 0.717) is 6.42 Å². The molecule has 0 bridgehead atoms. The summed E-state index contributed by atoms with van der Waals surface area (Å²) in [4.78, 5) is 15.6. The number of hydrogen-bond donors (Lipinski definition) is 1. The molecule has 0 aromatic heterocycles. The molecule has 0 saturated heterocycles. The van der Waals surface area contributed by atoms with Gasteiger partial charge in [-0.15, -0.1) is 11.8 Å². The number of aryl methyl sites for hydroxylation is 1. The Morgan fingerprint density at radius 3 is 3.06 bits per heavy atom. The number of hydrogen-bond acceptors (Lipinski definition) is 3. The summed E-state index contributed by atoms with van der Waals surface area (Å²) in [7, 11) is 1.88. The first kappa shape index (κ1) is 13.4. The molecule has 0 fully saturated rings. The minimum absolute atomic E-state index is 0.215. The molecule has 0 spiro atoms. The smallest absolute Gasteiger partial charge is 0.228 e. The van der Waals surface area contributed by atoms with Gasteiger partial charge in [0, 0.05) is 29.7 Å². The van der Waals surface area contributed by atoms with Gasteiger partial charge in [0.1, 0.15) is 0 Å². The first-order valence-electron chi connectivity index (χ1n) is 6.34. The summed E-state index contributed by atoms with van der Waals surface area (Å²) in [5.74, 6) is 1.19. The molecule has 3 nitrogen and oxygen atoms in total. The maximum absolute atomic E-state index is 12.4. The summed E-state index contributed by atoms with van der Waals surface area (Å²) in [6.07, 6.45) is 0.555. The van der Waals surface area contributed by atoms with Crippen molar-refractivity contribution < 1.29 is 4.79 Å². The highest BCUT2D eigenvalue weighted by atomic mass is 32.2. The quantitative estimate of drug-likeness (QED) is 0.910. The summed E-state index contributed by atoms with van der Waals surface area (Å²) >= 11 is 1.85. The molecule has 1 aliphatic heterocycles. The predicted molar refractivity (Wildman–Crippen MR) is 77.4 cm³/mol. The van der Waals surface area contributed by atoms with Crippen molar-refractivity contribution in [2.45, 2.75) is 31.2 Å². The lowest BCUT2D eigenvalue weighted by Gasteiger charge is -2.36. The number of thioether (sulfide) groups is 1. The highest BCUT2D eigenvalue weighted by Crippen LogP contribution is 2.39. The van der Waals surface area contributed by atoms with Gasteiger partial charge in [0.05, 0.1) is 5.69 Å². The second-order valence-electron chi connectivity index (χ2n) is 4.70. The Labute approximate surface area is 113 Å². The van der Waals surface area contributed by atoms with Crippen LogP contribution in [0.5, 0.6) is 0 Å². The fourth-order valence-electron chi connectivity index (χ4n) is 2.29. The van der Waals surface area contributed by atoms with Crippen molar-refractivity contribution in [3.63, 3.8) is 0 Å². The Hall–Kier alpha value is -1.00. The van der Waals surface area contributed by atoms with E-state index in [1.807, 2.05) is 23.7 Å². The average Bonchev–Trinajstić information content (AvgIpc) is 2.36. The lowest BCUT2D eigenvalue weighted by atomic mass is 10.1. The van der Waals surface area contributed by atoms with E-state index >= 15 is 0 Å². The van der Waals surface area contributed by atoms with Gasteiger partial charge in [-0.05, 0) is 32.5 Å². The minimum atomic E-state index is 0.215. The Morgan fingerprint density at radius 2 is 2.33 bits per heavy atom. The lowest BCUT2D eigenvalue weighted by molar-refractivity contribution is -0.118. The Balaban J connectivity index is 2.32. The third-order valence-electron chi connectivity index (χ3n) is 3.22. The van der Waals surface area contributed by atoms with Gasteiger partial charge in [-0.1, -0.05) is 12.1 Å². The second kappa shape index (κ2) is 5.76. The molecule has 0 aliphatic carbocycles. The van der Waals surface area contributed by atoms with Crippen molar-refractivity contribution in [3.8, 4) is 0 Å². The predicted octanol–water partition coefficient (Wildman–Crippen LogP) is 2.43. The van der Waals surface area contributed by atoms with Crippen LogP contribution in [-0.2, 0) is 4.79 Å². The van der Waals surface area contributed by atoms with Crippen molar-refractivity contribution >= 4 is 23.4 Å². The molecular weight excluding hydrogens is 244 g/mol. The number of carbonyl (C=O) groups excluding carboxylic acids is 1. The SMILES string of the molecule is CNCCC(=O)N1c2c(C)cccc2SCC1C. The van der Waals surface area contributed by atoms with Gasteiger partial charge >= 0.3 is 0 Å². The number of carbonyl (C=O) groups is 1. The number of fused-ring (bicyclic) bond motifs is 1. The number of benzene rings is 1. The Morgan fingerprint density at radius 1 is 1.56 bits per heavy atom. The first-order chi connectivity index (χ1) is 8.65. The molecule has 1 unspecified atom stereocenters. The lowest BCUT2D eigenvalue weighted by Crippen LogP contribution is -2.43. The van der Waals surface area contributed by atoms with Gasteiger partial charge in [-0.3, -0.25) is 4.79 Å². The highest BCUT2D eigenvalue weighted by Gasteiger charge is 2.29. The zero-order chi connectivity index (χ0) is 13.1. The summed E-state index contributed by atoms with van der Waals surface area (Å²) in [5.41, 5.74) is 2.30. The van der Waals surface area contributed by atoms with Crippen LogP contribution < -0.4 is 10.2 Å². The third kappa shape index (κ3) is 2.54. The number of amides is 1. The van der Waals surface area contributed by atoms with E-state index in [9.17, 15) is 4.79 Å². The molecule has 0 radical (unpaired) electrons. The number of anilines is 1. The normalized spacial score (nSPS) is 18.6. The van der Waals surface area contributed by atoms with Gasteiger partial charge in [-0.2, -0.15) is 0 Å². The fourth-order valence-corrected chi connectivity index (χ4v) is 3.43. The van der Waals surface area contributed by atoms with E-state index in [-0.39, 0.29) is 11.9 Å². The van der Waals surface area contributed by atoms with E-state index < -0.39 is 0 Å². The molecule has 4 heteroatoms. The maximum Gasteiger partial charge on any atom is 0.228 e. The largest absolute Gasteiger partial charge is 0.319 e. The van der Waals surface area contributed by atoms with Crippen LogP contribution in [0.1, 0.15) is 18.9 Å². The van der Waals surface area contributed by atoms with Gasteiger partial charge < -0.3 is 10.2 Å². The van der Waals surface area contributed by atoms with Crippen LogP contribution in [0.4, 0.5) is 5.69 Å². The summed E-state index contributed by atoms with van der Waals surface area (Å²) in [6.45, 7) is 4.94. The standard InChI is InChI=1S/C14H20N2OS/c1-10-5-4-6-12-14(10)16(11(2)9-18-12)13(17)7-8-15-3/h4-6,11,15H,7-9H2,1-3H3. The van der Waals surface area contributed by atoms with Crippen molar-refractivity contribution in [2.24, 2.45) is 0 Å². The third-order valence-corrected chi connectivity index (χ3v) is 4.51. The van der Waals surface area contributed by atoms with Gasteiger partial charge in [0.25, 0.3) is 0 Å². The van der Waals surface area contributed by atoms with Crippen molar-refractivity contribution in [3.05, 3.63) is 23.8 Å². The van der Waals surface area contributed by atoms with E-state index in [0.717, 1.165) is 18.0 Å². The van der Waals surface area contributed by atoms with Crippen molar-refractivity contribution in [1.29, 1.82) is 0 Å². The molecule has 1 aromatic carbocycles. The van der Waals surface area contributed by atoms with Crippen LogP contribution in [0.2, 0.25) is 0 Å². The monoisotopic (exact) mass is 264 g/mol. The molecule has 1 atom stereocenters.